The first-order valence-electron chi connectivity index (χ1n) is 6.40. The average Bonchev–Trinajstić information content (AvgIpc) is 2.35. The summed E-state index contributed by atoms with van der Waals surface area (Å²) in [5.41, 5.74) is 6.81. The lowest BCUT2D eigenvalue weighted by Gasteiger charge is -2.14. The van der Waals surface area contributed by atoms with Gasteiger partial charge in [-0.05, 0) is 31.5 Å². The minimum absolute atomic E-state index is 0.0975. The van der Waals surface area contributed by atoms with Crippen molar-refractivity contribution in [1.29, 1.82) is 0 Å². The number of benzene rings is 1. The third-order valence-corrected chi connectivity index (χ3v) is 2.82. The van der Waals surface area contributed by atoms with Gasteiger partial charge in [0.1, 0.15) is 12.4 Å². The van der Waals surface area contributed by atoms with Gasteiger partial charge in [-0.15, -0.1) is 0 Å². The van der Waals surface area contributed by atoms with E-state index in [-0.39, 0.29) is 6.04 Å². The van der Waals surface area contributed by atoms with Crippen molar-refractivity contribution in [1.82, 2.24) is 0 Å². The fourth-order valence-electron chi connectivity index (χ4n) is 1.57. The Morgan fingerprint density at radius 3 is 2.72 bits per heavy atom. The van der Waals surface area contributed by atoms with Crippen molar-refractivity contribution in [2.45, 2.75) is 32.7 Å². The molecule has 0 aliphatic rings. The van der Waals surface area contributed by atoms with E-state index in [9.17, 15) is 0 Å². The van der Waals surface area contributed by atoms with Gasteiger partial charge in [-0.25, -0.2) is 0 Å². The monoisotopic (exact) mass is 271 g/mol. The van der Waals surface area contributed by atoms with Gasteiger partial charge in [0.2, 0.25) is 0 Å². The van der Waals surface area contributed by atoms with Crippen molar-refractivity contribution in [2.24, 2.45) is 5.73 Å². The quantitative estimate of drug-likeness (QED) is 0.736. The molecule has 0 fully saturated rings. The maximum atomic E-state index is 5.94. The predicted molar refractivity (Wildman–Crippen MR) is 75.3 cm³/mol. The minimum atomic E-state index is -0.0975. The Kier molecular flexibility index (Phi) is 7.09. The van der Waals surface area contributed by atoms with Crippen LogP contribution in [0.5, 0.6) is 5.75 Å². The molecule has 0 spiro atoms. The van der Waals surface area contributed by atoms with Gasteiger partial charge in [0.05, 0.1) is 6.61 Å². The van der Waals surface area contributed by atoms with Crippen molar-refractivity contribution >= 4 is 11.6 Å². The van der Waals surface area contributed by atoms with E-state index in [2.05, 4.69) is 6.92 Å². The molecular formula is C14H22ClNO2. The molecule has 0 aliphatic carbocycles. The smallest absolute Gasteiger partial charge is 0.124 e. The third kappa shape index (κ3) is 5.25. The van der Waals surface area contributed by atoms with Gasteiger partial charge in [0.25, 0.3) is 0 Å². The summed E-state index contributed by atoms with van der Waals surface area (Å²) in [7, 11) is 0. The van der Waals surface area contributed by atoms with E-state index in [1.54, 1.807) is 6.07 Å². The maximum Gasteiger partial charge on any atom is 0.124 e. The fraction of sp³-hybridized carbons (Fsp3) is 0.571. The van der Waals surface area contributed by atoms with Crippen LogP contribution in [0.4, 0.5) is 0 Å². The van der Waals surface area contributed by atoms with Gasteiger partial charge >= 0.3 is 0 Å². The number of rotatable bonds is 8. The van der Waals surface area contributed by atoms with Crippen molar-refractivity contribution in [3.8, 4) is 5.75 Å². The minimum Gasteiger partial charge on any atom is -0.491 e. The van der Waals surface area contributed by atoms with Gasteiger partial charge in [-0.1, -0.05) is 24.9 Å². The number of hydrogen-bond acceptors (Lipinski definition) is 3. The van der Waals surface area contributed by atoms with E-state index in [1.165, 1.54) is 0 Å². The molecule has 0 unspecified atom stereocenters. The summed E-state index contributed by atoms with van der Waals surface area (Å²) in [6.45, 7) is 5.98. The number of hydrogen-bond donors (Lipinski definition) is 1. The number of unbranched alkanes of at least 4 members (excludes halogenated alkanes) is 1. The molecular weight excluding hydrogens is 250 g/mol. The summed E-state index contributed by atoms with van der Waals surface area (Å²) in [5.74, 6) is 0.786. The average molecular weight is 272 g/mol. The summed E-state index contributed by atoms with van der Waals surface area (Å²) in [6.07, 6.45) is 2.24. The Morgan fingerprint density at radius 1 is 1.28 bits per heavy atom. The molecule has 1 rings (SSSR count). The van der Waals surface area contributed by atoms with Gasteiger partial charge in [0.15, 0.2) is 0 Å². The third-order valence-electron chi connectivity index (χ3n) is 2.59. The zero-order valence-electron chi connectivity index (χ0n) is 11.1. The molecule has 2 N–H and O–H groups in total. The van der Waals surface area contributed by atoms with Crippen LogP contribution in [0.2, 0.25) is 5.02 Å². The van der Waals surface area contributed by atoms with Crippen LogP contribution in [0, 0.1) is 0 Å². The molecule has 0 heterocycles. The van der Waals surface area contributed by atoms with Crippen LogP contribution in [0.1, 0.15) is 38.3 Å². The summed E-state index contributed by atoms with van der Waals surface area (Å²) in [6, 6.07) is 5.41. The summed E-state index contributed by atoms with van der Waals surface area (Å²) in [5, 5.41) is 0.675. The lowest BCUT2D eigenvalue weighted by molar-refractivity contribution is 0.0976. The van der Waals surface area contributed by atoms with Crippen molar-refractivity contribution in [2.75, 3.05) is 19.8 Å². The molecule has 1 aromatic rings. The van der Waals surface area contributed by atoms with Gasteiger partial charge in [-0.2, -0.15) is 0 Å². The lowest BCUT2D eigenvalue weighted by atomic mass is 10.1. The second-order valence-electron chi connectivity index (χ2n) is 4.29. The molecule has 18 heavy (non-hydrogen) atoms. The van der Waals surface area contributed by atoms with E-state index in [0.717, 1.165) is 30.8 Å². The molecule has 0 saturated heterocycles. The first kappa shape index (κ1) is 15.3. The van der Waals surface area contributed by atoms with Gasteiger partial charge in [-0.3, -0.25) is 0 Å². The Morgan fingerprint density at radius 2 is 2.06 bits per heavy atom. The molecule has 0 radical (unpaired) electrons. The Hall–Kier alpha value is -0.770. The second kappa shape index (κ2) is 8.35. The summed E-state index contributed by atoms with van der Waals surface area (Å²) in [4.78, 5) is 0. The Labute approximate surface area is 114 Å². The van der Waals surface area contributed by atoms with E-state index in [1.807, 2.05) is 19.1 Å². The van der Waals surface area contributed by atoms with Crippen molar-refractivity contribution < 1.29 is 9.47 Å². The number of halogens is 1. The molecule has 0 aliphatic heterocycles. The highest BCUT2D eigenvalue weighted by Gasteiger charge is 2.08. The largest absolute Gasteiger partial charge is 0.491 e. The van der Waals surface area contributed by atoms with Crippen LogP contribution in [0.25, 0.3) is 0 Å². The highest BCUT2D eigenvalue weighted by atomic mass is 35.5. The van der Waals surface area contributed by atoms with E-state index >= 15 is 0 Å². The van der Waals surface area contributed by atoms with Crippen LogP contribution < -0.4 is 10.5 Å². The summed E-state index contributed by atoms with van der Waals surface area (Å²) >= 11 is 5.94. The highest BCUT2D eigenvalue weighted by Crippen LogP contribution is 2.27. The highest BCUT2D eigenvalue weighted by molar-refractivity contribution is 6.30. The molecule has 0 saturated carbocycles. The van der Waals surface area contributed by atoms with Crippen LogP contribution in [0.15, 0.2) is 18.2 Å². The first-order valence-corrected chi connectivity index (χ1v) is 6.78. The molecule has 0 bridgehead atoms. The zero-order chi connectivity index (χ0) is 13.4. The molecule has 1 atom stereocenters. The van der Waals surface area contributed by atoms with Crippen LogP contribution in [-0.4, -0.2) is 19.8 Å². The fourth-order valence-corrected chi connectivity index (χ4v) is 1.75. The molecule has 3 nitrogen and oxygen atoms in total. The molecule has 0 aromatic heterocycles. The SMILES string of the molecule is CCCCOCCOc1ccc(Cl)cc1[C@@H](C)N. The lowest BCUT2D eigenvalue weighted by Crippen LogP contribution is -2.11. The maximum absolute atomic E-state index is 5.94. The van der Waals surface area contributed by atoms with E-state index in [4.69, 9.17) is 26.8 Å². The van der Waals surface area contributed by atoms with Crippen LogP contribution >= 0.6 is 11.6 Å². The normalized spacial score (nSPS) is 12.4. The van der Waals surface area contributed by atoms with Crippen molar-refractivity contribution in [3.63, 3.8) is 0 Å². The predicted octanol–water partition coefficient (Wildman–Crippen LogP) is 3.56. The zero-order valence-corrected chi connectivity index (χ0v) is 11.9. The topological polar surface area (TPSA) is 44.5 Å². The van der Waals surface area contributed by atoms with Crippen LogP contribution in [-0.2, 0) is 4.74 Å². The van der Waals surface area contributed by atoms with Crippen LogP contribution in [0.3, 0.4) is 0 Å². The Balaban J connectivity index is 2.42. The Bertz CT molecular complexity index is 356. The number of ether oxygens (including phenoxy) is 2. The molecule has 102 valence electrons. The second-order valence-corrected chi connectivity index (χ2v) is 4.72. The first-order chi connectivity index (χ1) is 8.65. The van der Waals surface area contributed by atoms with Gasteiger partial charge in [0, 0.05) is 23.2 Å². The molecule has 1 aromatic carbocycles. The molecule has 0 amide bonds. The van der Waals surface area contributed by atoms with E-state index < -0.39 is 0 Å². The van der Waals surface area contributed by atoms with Crippen molar-refractivity contribution in [3.05, 3.63) is 28.8 Å². The standard InChI is InChI=1S/C14H22ClNO2/c1-3-4-7-17-8-9-18-14-6-5-12(15)10-13(14)11(2)16/h5-6,10-11H,3-4,7-9,16H2,1-2H3/t11-/m1/s1. The summed E-state index contributed by atoms with van der Waals surface area (Å²) < 4.78 is 11.1. The number of nitrogens with two attached hydrogens (primary N) is 1. The molecule has 4 heteroatoms. The van der Waals surface area contributed by atoms with Gasteiger partial charge < -0.3 is 15.2 Å². The van der Waals surface area contributed by atoms with E-state index in [0.29, 0.717) is 18.2 Å².